The number of nitrogens with two attached hydrogens (primary N) is 1. The van der Waals surface area contributed by atoms with Crippen LogP contribution in [0.25, 0.3) is 10.2 Å². The van der Waals surface area contributed by atoms with Crippen LogP contribution in [0.1, 0.15) is 18.5 Å². The van der Waals surface area contributed by atoms with Crippen LogP contribution < -0.4 is 11.1 Å². The summed E-state index contributed by atoms with van der Waals surface area (Å²) in [6, 6.07) is 12.5. The molecule has 1 aromatic heterocycles. The van der Waals surface area contributed by atoms with Gasteiger partial charge in [0.2, 0.25) is 0 Å². The molecule has 3 N–H and O–H groups in total. The van der Waals surface area contributed by atoms with E-state index in [9.17, 15) is 0 Å². The van der Waals surface area contributed by atoms with E-state index in [1.165, 1.54) is 5.56 Å². The van der Waals surface area contributed by atoms with E-state index < -0.39 is 0 Å². The highest BCUT2D eigenvalue weighted by atomic mass is 79.9. The zero-order valence-corrected chi connectivity index (χ0v) is 13.3. The van der Waals surface area contributed by atoms with Crippen molar-refractivity contribution in [1.29, 1.82) is 0 Å². The molecule has 1 atom stereocenters. The summed E-state index contributed by atoms with van der Waals surface area (Å²) >= 11 is 5.10. The molecule has 3 rings (SSSR count). The van der Waals surface area contributed by atoms with E-state index in [0.29, 0.717) is 5.69 Å². The van der Waals surface area contributed by atoms with Crippen molar-refractivity contribution >= 4 is 48.9 Å². The van der Waals surface area contributed by atoms with Gasteiger partial charge in [-0.25, -0.2) is 4.98 Å². The molecule has 102 valence electrons. The van der Waals surface area contributed by atoms with Gasteiger partial charge in [-0.1, -0.05) is 28.1 Å². The molecular weight excluding hydrogens is 334 g/mol. The molecule has 20 heavy (non-hydrogen) atoms. The molecule has 0 fully saturated rings. The van der Waals surface area contributed by atoms with Gasteiger partial charge >= 0.3 is 0 Å². The Kier molecular flexibility index (Phi) is 3.63. The smallest absolute Gasteiger partial charge is 0.106 e. The summed E-state index contributed by atoms with van der Waals surface area (Å²) < 4.78 is 2.19. The number of hydrogen-bond acceptors (Lipinski definition) is 4. The zero-order valence-electron chi connectivity index (χ0n) is 10.9. The quantitative estimate of drug-likeness (QED) is 0.668. The highest BCUT2D eigenvalue weighted by molar-refractivity contribution is 9.10. The fourth-order valence-corrected chi connectivity index (χ4v) is 3.28. The Morgan fingerprint density at radius 1 is 1.30 bits per heavy atom. The van der Waals surface area contributed by atoms with Crippen LogP contribution in [-0.4, -0.2) is 4.98 Å². The van der Waals surface area contributed by atoms with Gasteiger partial charge < -0.3 is 11.1 Å². The molecule has 0 aliphatic rings. The predicted octanol–water partition coefficient (Wildman–Crippen LogP) is 4.81. The van der Waals surface area contributed by atoms with Gasteiger partial charge in [0.1, 0.15) is 5.52 Å². The topological polar surface area (TPSA) is 50.9 Å². The minimum atomic E-state index is 0.172. The van der Waals surface area contributed by atoms with Gasteiger partial charge in [0, 0.05) is 10.5 Å². The molecule has 0 aliphatic heterocycles. The Morgan fingerprint density at radius 2 is 2.15 bits per heavy atom. The van der Waals surface area contributed by atoms with E-state index in [-0.39, 0.29) is 6.04 Å². The number of thiazole rings is 1. The minimum Gasteiger partial charge on any atom is -0.395 e. The lowest BCUT2D eigenvalue weighted by atomic mass is 10.1. The summed E-state index contributed by atoms with van der Waals surface area (Å²) in [6.07, 6.45) is 0. The predicted molar refractivity (Wildman–Crippen MR) is 90.2 cm³/mol. The maximum atomic E-state index is 6.19. The van der Waals surface area contributed by atoms with Crippen molar-refractivity contribution in [3.8, 4) is 0 Å². The molecule has 2 aromatic carbocycles. The Balaban J connectivity index is 1.90. The molecule has 3 aromatic rings. The van der Waals surface area contributed by atoms with E-state index in [0.717, 1.165) is 20.4 Å². The molecule has 0 saturated carbocycles. The second-order valence-corrected chi connectivity index (χ2v) is 6.45. The van der Waals surface area contributed by atoms with Gasteiger partial charge in [0.15, 0.2) is 0 Å². The Morgan fingerprint density at radius 3 is 2.95 bits per heavy atom. The summed E-state index contributed by atoms with van der Waals surface area (Å²) in [4.78, 5) is 4.32. The van der Waals surface area contributed by atoms with Gasteiger partial charge in [-0.15, -0.1) is 11.3 Å². The number of nitrogens with one attached hydrogen (secondary N) is 1. The number of benzene rings is 2. The van der Waals surface area contributed by atoms with Crippen LogP contribution in [0.15, 0.2) is 46.4 Å². The first-order chi connectivity index (χ1) is 9.65. The van der Waals surface area contributed by atoms with Crippen molar-refractivity contribution < 1.29 is 0 Å². The molecule has 5 heteroatoms. The summed E-state index contributed by atoms with van der Waals surface area (Å²) in [5.74, 6) is 0. The molecular formula is C15H14BrN3S. The molecule has 0 bridgehead atoms. The summed E-state index contributed by atoms with van der Waals surface area (Å²) in [5.41, 5.74) is 11.7. The van der Waals surface area contributed by atoms with Gasteiger partial charge in [-0.3, -0.25) is 0 Å². The first kappa shape index (κ1) is 13.4. The number of halogens is 1. The number of fused-ring (bicyclic) bond motifs is 1. The second-order valence-electron chi connectivity index (χ2n) is 4.65. The fraction of sp³-hybridized carbons (Fsp3) is 0.133. The van der Waals surface area contributed by atoms with Crippen molar-refractivity contribution in [2.75, 3.05) is 11.1 Å². The number of nitrogens with zero attached hydrogens (tertiary/aromatic N) is 1. The number of anilines is 2. The van der Waals surface area contributed by atoms with Crippen LogP contribution in [0.2, 0.25) is 0 Å². The van der Waals surface area contributed by atoms with E-state index in [1.807, 2.05) is 23.7 Å². The first-order valence-corrected chi connectivity index (χ1v) is 7.96. The molecule has 0 amide bonds. The van der Waals surface area contributed by atoms with Crippen molar-refractivity contribution in [1.82, 2.24) is 4.98 Å². The number of aromatic nitrogens is 1. The second kappa shape index (κ2) is 5.42. The zero-order chi connectivity index (χ0) is 14.1. The lowest BCUT2D eigenvalue weighted by Gasteiger charge is -2.17. The Bertz CT molecular complexity index is 754. The molecule has 0 saturated heterocycles. The van der Waals surface area contributed by atoms with E-state index in [4.69, 9.17) is 5.73 Å². The average Bonchev–Trinajstić information content (AvgIpc) is 2.91. The molecule has 1 heterocycles. The normalized spacial score (nSPS) is 12.5. The molecule has 1 unspecified atom stereocenters. The van der Waals surface area contributed by atoms with Crippen LogP contribution >= 0.6 is 27.3 Å². The average molecular weight is 348 g/mol. The molecule has 0 aliphatic carbocycles. The fourth-order valence-electron chi connectivity index (χ4n) is 2.17. The van der Waals surface area contributed by atoms with Gasteiger partial charge in [0.05, 0.1) is 21.6 Å². The highest BCUT2D eigenvalue weighted by Gasteiger charge is 2.10. The Hall–Kier alpha value is -1.59. The van der Waals surface area contributed by atoms with E-state index >= 15 is 0 Å². The van der Waals surface area contributed by atoms with E-state index in [1.54, 1.807) is 11.3 Å². The van der Waals surface area contributed by atoms with Gasteiger partial charge in [-0.05, 0) is 36.8 Å². The standard InChI is InChI=1S/C15H14BrN3S/c1-9(10-3-2-4-11(16)7-10)19-12-5-6-13-15(14(12)17)18-8-20-13/h2-9,19H,17H2,1H3. The number of rotatable bonds is 3. The summed E-state index contributed by atoms with van der Waals surface area (Å²) in [7, 11) is 0. The lowest BCUT2D eigenvalue weighted by molar-refractivity contribution is 0.885. The van der Waals surface area contributed by atoms with Crippen LogP contribution in [0.3, 0.4) is 0 Å². The highest BCUT2D eigenvalue weighted by Crippen LogP contribution is 2.32. The van der Waals surface area contributed by atoms with Crippen molar-refractivity contribution in [3.63, 3.8) is 0 Å². The third kappa shape index (κ3) is 2.51. The van der Waals surface area contributed by atoms with Crippen molar-refractivity contribution in [2.24, 2.45) is 0 Å². The molecule has 0 spiro atoms. The van der Waals surface area contributed by atoms with Crippen LogP contribution in [0, 0.1) is 0 Å². The van der Waals surface area contributed by atoms with Crippen molar-refractivity contribution in [2.45, 2.75) is 13.0 Å². The summed E-state index contributed by atoms with van der Waals surface area (Å²) in [6.45, 7) is 2.12. The maximum absolute atomic E-state index is 6.19. The maximum Gasteiger partial charge on any atom is 0.106 e. The third-order valence-electron chi connectivity index (χ3n) is 3.26. The summed E-state index contributed by atoms with van der Waals surface area (Å²) in [5, 5.41) is 3.45. The third-order valence-corrected chi connectivity index (χ3v) is 4.55. The molecule has 0 radical (unpaired) electrons. The van der Waals surface area contributed by atoms with E-state index in [2.05, 4.69) is 51.4 Å². The molecule has 3 nitrogen and oxygen atoms in total. The minimum absolute atomic E-state index is 0.172. The van der Waals surface area contributed by atoms with Crippen LogP contribution in [-0.2, 0) is 0 Å². The Labute approximate surface area is 130 Å². The largest absolute Gasteiger partial charge is 0.395 e. The monoisotopic (exact) mass is 347 g/mol. The van der Waals surface area contributed by atoms with Gasteiger partial charge in [0.25, 0.3) is 0 Å². The van der Waals surface area contributed by atoms with Crippen LogP contribution in [0.4, 0.5) is 11.4 Å². The SMILES string of the molecule is CC(Nc1ccc2scnc2c1N)c1cccc(Br)c1. The van der Waals surface area contributed by atoms with Gasteiger partial charge in [-0.2, -0.15) is 0 Å². The number of hydrogen-bond donors (Lipinski definition) is 2. The van der Waals surface area contributed by atoms with Crippen LogP contribution in [0.5, 0.6) is 0 Å². The lowest BCUT2D eigenvalue weighted by Crippen LogP contribution is -2.08. The first-order valence-electron chi connectivity index (χ1n) is 6.29. The number of nitrogen functional groups attached to an aromatic ring is 1. The van der Waals surface area contributed by atoms with Crippen molar-refractivity contribution in [3.05, 3.63) is 51.9 Å².